The highest BCUT2D eigenvalue weighted by atomic mass is 35.5. The number of pyridine rings is 1. The summed E-state index contributed by atoms with van der Waals surface area (Å²) in [6.07, 6.45) is 1.64. The van der Waals surface area contributed by atoms with Gasteiger partial charge in [-0.25, -0.2) is 4.79 Å². The topological polar surface area (TPSA) is 83.6 Å². The summed E-state index contributed by atoms with van der Waals surface area (Å²) in [5.74, 6) is 0.166. The van der Waals surface area contributed by atoms with Gasteiger partial charge in [0, 0.05) is 36.0 Å². The molecule has 142 valence electrons. The van der Waals surface area contributed by atoms with Gasteiger partial charge in [-0.2, -0.15) is 0 Å². The second-order valence-electron chi connectivity index (χ2n) is 6.22. The number of carbonyl (C=O) groups is 2. The number of urea groups is 1. The largest absolute Gasteiger partial charge is 0.481 e. The third-order valence-corrected chi connectivity index (χ3v) is 4.67. The van der Waals surface area contributed by atoms with Crippen LogP contribution in [0.4, 0.5) is 16.2 Å². The van der Waals surface area contributed by atoms with Crippen LogP contribution >= 0.6 is 11.6 Å². The van der Waals surface area contributed by atoms with E-state index in [0.29, 0.717) is 35.1 Å². The van der Waals surface area contributed by atoms with Crippen LogP contribution in [-0.2, 0) is 4.79 Å². The van der Waals surface area contributed by atoms with E-state index in [0.717, 1.165) is 11.1 Å². The van der Waals surface area contributed by atoms with E-state index < -0.39 is 0 Å². The molecular weight excluding hydrogens is 380 g/mol. The maximum absolute atomic E-state index is 12.3. The number of halogens is 1. The molecule has 2 heterocycles. The summed E-state index contributed by atoms with van der Waals surface area (Å²) >= 11 is 6.17. The molecule has 8 heteroatoms. The lowest BCUT2D eigenvalue weighted by atomic mass is 10.2. The maximum Gasteiger partial charge on any atom is 0.321 e. The normalized spacial score (nSPS) is 13.5. The van der Waals surface area contributed by atoms with Gasteiger partial charge in [0.2, 0.25) is 0 Å². The Morgan fingerprint density at radius 3 is 2.96 bits per heavy atom. The van der Waals surface area contributed by atoms with E-state index >= 15 is 0 Å². The van der Waals surface area contributed by atoms with Crippen LogP contribution in [0, 0.1) is 0 Å². The molecule has 0 spiro atoms. The van der Waals surface area contributed by atoms with E-state index in [9.17, 15) is 9.59 Å². The Balaban J connectivity index is 1.43. The predicted octanol–water partition coefficient (Wildman–Crippen LogP) is 3.44. The molecule has 0 unspecified atom stereocenters. The van der Waals surface area contributed by atoms with Crippen molar-refractivity contribution in [2.75, 3.05) is 29.9 Å². The smallest absolute Gasteiger partial charge is 0.321 e. The van der Waals surface area contributed by atoms with Crippen molar-refractivity contribution in [3.8, 4) is 5.75 Å². The molecule has 28 heavy (non-hydrogen) atoms. The summed E-state index contributed by atoms with van der Waals surface area (Å²) in [7, 11) is 0. The van der Waals surface area contributed by atoms with Crippen LogP contribution in [0.1, 0.15) is 0 Å². The Labute approximate surface area is 166 Å². The zero-order valence-corrected chi connectivity index (χ0v) is 15.6. The number of nitrogens with zero attached hydrogens (tertiary/aromatic N) is 2. The first-order chi connectivity index (χ1) is 13.6. The van der Waals surface area contributed by atoms with Gasteiger partial charge in [0.25, 0.3) is 5.91 Å². The Bertz CT molecular complexity index is 1060. The van der Waals surface area contributed by atoms with Gasteiger partial charge in [0.05, 0.1) is 5.02 Å². The van der Waals surface area contributed by atoms with E-state index in [1.54, 1.807) is 47.5 Å². The molecule has 0 bridgehead atoms. The molecule has 4 rings (SSSR count). The molecular formula is C20H17ClN4O3. The van der Waals surface area contributed by atoms with Crippen molar-refractivity contribution in [1.82, 2.24) is 10.3 Å². The minimum atomic E-state index is -0.318. The number of amides is 3. The molecule has 3 amide bonds. The predicted molar refractivity (Wildman–Crippen MR) is 108 cm³/mol. The Hall–Kier alpha value is -3.32. The van der Waals surface area contributed by atoms with Gasteiger partial charge in [-0.1, -0.05) is 17.7 Å². The van der Waals surface area contributed by atoms with Gasteiger partial charge < -0.3 is 15.4 Å². The Morgan fingerprint density at radius 1 is 1.25 bits per heavy atom. The van der Waals surface area contributed by atoms with Gasteiger partial charge in [-0.05, 0) is 42.5 Å². The lowest BCUT2D eigenvalue weighted by molar-refractivity contribution is -0.118. The summed E-state index contributed by atoms with van der Waals surface area (Å²) in [5.41, 5.74) is 1.91. The third kappa shape index (κ3) is 3.70. The highest BCUT2D eigenvalue weighted by molar-refractivity contribution is 6.35. The molecule has 3 aromatic rings. The summed E-state index contributed by atoms with van der Waals surface area (Å²) < 4.78 is 5.65. The van der Waals surface area contributed by atoms with Gasteiger partial charge in [0.1, 0.15) is 11.3 Å². The van der Waals surface area contributed by atoms with Crippen molar-refractivity contribution in [1.29, 1.82) is 0 Å². The van der Waals surface area contributed by atoms with Crippen LogP contribution in [0.15, 0.2) is 54.7 Å². The molecule has 1 aromatic heterocycles. The first-order valence-electron chi connectivity index (χ1n) is 8.73. The number of benzene rings is 2. The molecule has 1 aliphatic heterocycles. The number of hydrogen-bond donors (Lipinski definition) is 2. The first-order valence-corrected chi connectivity index (χ1v) is 9.11. The maximum atomic E-state index is 12.3. The van der Waals surface area contributed by atoms with E-state index in [1.165, 1.54) is 0 Å². The van der Waals surface area contributed by atoms with Crippen LogP contribution < -0.4 is 20.3 Å². The van der Waals surface area contributed by atoms with E-state index in [-0.39, 0.29) is 18.5 Å². The highest BCUT2D eigenvalue weighted by Crippen LogP contribution is 2.29. The number of rotatable bonds is 5. The molecule has 1 aliphatic rings. The first kappa shape index (κ1) is 18.1. The van der Waals surface area contributed by atoms with Crippen LogP contribution in [0.25, 0.3) is 10.9 Å². The molecule has 7 nitrogen and oxygen atoms in total. The lowest BCUT2D eigenvalue weighted by Crippen LogP contribution is -2.27. The average molecular weight is 397 g/mol. The zero-order chi connectivity index (χ0) is 19.5. The zero-order valence-electron chi connectivity index (χ0n) is 14.8. The van der Waals surface area contributed by atoms with Crippen LogP contribution in [0.5, 0.6) is 5.75 Å². The number of carbonyl (C=O) groups excluding carboxylic acids is 2. The summed E-state index contributed by atoms with van der Waals surface area (Å²) in [6, 6.07) is 14.0. The Kier molecular flexibility index (Phi) is 4.99. The summed E-state index contributed by atoms with van der Waals surface area (Å²) in [4.78, 5) is 30.0. The van der Waals surface area contributed by atoms with Crippen molar-refractivity contribution < 1.29 is 14.3 Å². The molecule has 0 atom stereocenters. The summed E-state index contributed by atoms with van der Waals surface area (Å²) in [6.45, 7) is 1.02. The van der Waals surface area contributed by atoms with Crippen LogP contribution in [-0.4, -0.2) is 36.6 Å². The number of ether oxygens (including phenoxy) is 1. The highest BCUT2D eigenvalue weighted by Gasteiger charge is 2.21. The average Bonchev–Trinajstić information content (AvgIpc) is 3.14. The molecule has 0 radical (unpaired) electrons. The van der Waals surface area contributed by atoms with Crippen molar-refractivity contribution in [3.05, 3.63) is 59.8 Å². The fourth-order valence-electron chi connectivity index (χ4n) is 3.04. The minimum Gasteiger partial charge on any atom is -0.481 e. The number of nitrogens with one attached hydrogen (secondary N) is 2. The minimum absolute atomic E-state index is 0.145. The Morgan fingerprint density at radius 2 is 2.14 bits per heavy atom. The standard InChI is InChI=1S/C20H17ClN4O3/c21-16-6-7-17(19-15(16)5-2-8-22-19)28-12-18(26)24-13-3-1-4-14(11-13)25-10-9-23-20(25)27/h1-8,11H,9-10,12H2,(H,23,27)(H,24,26). The summed E-state index contributed by atoms with van der Waals surface area (Å²) in [5, 5.41) is 6.87. The second kappa shape index (κ2) is 7.74. The number of anilines is 2. The van der Waals surface area contributed by atoms with Gasteiger partial charge in [-0.15, -0.1) is 0 Å². The van der Waals surface area contributed by atoms with Crippen molar-refractivity contribution >= 4 is 45.8 Å². The fraction of sp³-hybridized carbons (Fsp3) is 0.150. The molecule has 2 N–H and O–H groups in total. The monoisotopic (exact) mass is 396 g/mol. The fourth-order valence-corrected chi connectivity index (χ4v) is 3.25. The molecule has 2 aromatic carbocycles. The van der Waals surface area contributed by atoms with Gasteiger partial charge in [-0.3, -0.25) is 14.7 Å². The molecule has 0 saturated carbocycles. The van der Waals surface area contributed by atoms with Crippen LogP contribution in [0.3, 0.4) is 0 Å². The molecule has 1 saturated heterocycles. The molecule has 1 fully saturated rings. The number of hydrogen-bond acceptors (Lipinski definition) is 4. The quantitative estimate of drug-likeness (QED) is 0.692. The van der Waals surface area contributed by atoms with Crippen LogP contribution in [0.2, 0.25) is 5.02 Å². The molecule has 0 aliphatic carbocycles. The third-order valence-electron chi connectivity index (χ3n) is 4.34. The van der Waals surface area contributed by atoms with E-state index in [4.69, 9.17) is 16.3 Å². The SMILES string of the molecule is O=C(COc1ccc(Cl)c2cccnc12)Nc1cccc(N2CCNC2=O)c1. The van der Waals surface area contributed by atoms with E-state index in [1.807, 2.05) is 12.1 Å². The van der Waals surface area contributed by atoms with Crippen molar-refractivity contribution in [2.24, 2.45) is 0 Å². The number of fused-ring (bicyclic) bond motifs is 1. The van der Waals surface area contributed by atoms with Crippen molar-refractivity contribution in [3.63, 3.8) is 0 Å². The number of aromatic nitrogens is 1. The van der Waals surface area contributed by atoms with Gasteiger partial charge in [0.15, 0.2) is 6.61 Å². The van der Waals surface area contributed by atoms with Crippen molar-refractivity contribution in [2.45, 2.75) is 0 Å². The second-order valence-corrected chi connectivity index (χ2v) is 6.62. The van der Waals surface area contributed by atoms with Gasteiger partial charge >= 0.3 is 6.03 Å². The van der Waals surface area contributed by atoms with E-state index in [2.05, 4.69) is 15.6 Å². The lowest BCUT2D eigenvalue weighted by Gasteiger charge is -2.15.